The predicted octanol–water partition coefficient (Wildman–Crippen LogP) is 3.95. The van der Waals surface area contributed by atoms with E-state index in [4.69, 9.17) is 4.74 Å². The molecule has 0 radical (unpaired) electrons. The Bertz CT molecular complexity index is 1000. The van der Waals surface area contributed by atoms with Gasteiger partial charge in [0.05, 0.1) is 9.83 Å². The Morgan fingerprint density at radius 2 is 2.03 bits per heavy atom. The summed E-state index contributed by atoms with van der Waals surface area (Å²) in [6, 6.07) is 8.94. The highest BCUT2D eigenvalue weighted by molar-refractivity contribution is 9.11. The van der Waals surface area contributed by atoms with Crippen molar-refractivity contribution in [3.8, 4) is 5.06 Å². The van der Waals surface area contributed by atoms with Crippen molar-refractivity contribution < 1.29 is 19.1 Å². The van der Waals surface area contributed by atoms with Gasteiger partial charge in [0, 0.05) is 37.3 Å². The number of carbonyl (C=O) groups excluding carboxylic acids is 3. The average Bonchev–Trinajstić information content (AvgIpc) is 3.37. The maximum Gasteiger partial charge on any atom is 0.413 e. The maximum atomic E-state index is 12.7. The fraction of sp³-hybridized carbons (Fsp3) is 0.381. The summed E-state index contributed by atoms with van der Waals surface area (Å²) in [5.41, 5.74) is 2.21. The Morgan fingerprint density at radius 3 is 2.67 bits per heavy atom. The summed E-state index contributed by atoms with van der Waals surface area (Å²) in [5.74, 6) is -0.0652. The van der Waals surface area contributed by atoms with Gasteiger partial charge >= 0.3 is 6.09 Å². The zero-order chi connectivity index (χ0) is 21.4. The van der Waals surface area contributed by atoms with Crippen molar-refractivity contribution >= 4 is 50.9 Å². The molecule has 1 saturated carbocycles. The first-order valence-electron chi connectivity index (χ1n) is 9.73. The molecule has 1 saturated heterocycles. The van der Waals surface area contributed by atoms with E-state index in [2.05, 4.69) is 21.2 Å². The number of amides is 3. The Hall–Kier alpha value is -2.39. The van der Waals surface area contributed by atoms with Crippen molar-refractivity contribution in [2.45, 2.75) is 38.3 Å². The highest BCUT2D eigenvalue weighted by atomic mass is 79.9. The number of thiophene rings is 1. The number of benzene rings is 1. The molecule has 4 rings (SSSR count). The number of hydrogen-bond acceptors (Lipinski definition) is 5. The van der Waals surface area contributed by atoms with E-state index in [1.165, 1.54) is 11.3 Å². The molecule has 2 aromatic rings. The van der Waals surface area contributed by atoms with E-state index in [1.807, 2.05) is 20.0 Å². The molecule has 3 amide bonds. The van der Waals surface area contributed by atoms with Gasteiger partial charge in [0.1, 0.15) is 0 Å². The van der Waals surface area contributed by atoms with Crippen LogP contribution in [-0.2, 0) is 4.79 Å². The van der Waals surface area contributed by atoms with Gasteiger partial charge in [-0.05, 0) is 71.6 Å². The quantitative estimate of drug-likeness (QED) is 0.686. The predicted molar refractivity (Wildman–Crippen MR) is 118 cm³/mol. The molecule has 2 aliphatic rings. The highest BCUT2D eigenvalue weighted by Crippen LogP contribution is 2.30. The smallest absolute Gasteiger partial charge is 0.399 e. The topological polar surface area (TPSA) is 79.0 Å². The minimum absolute atomic E-state index is 0.0109. The summed E-state index contributed by atoms with van der Waals surface area (Å²) in [4.78, 5) is 40.7. The Labute approximate surface area is 187 Å². The minimum atomic E-state index is -0.579. The van der Waals surface area contributed by atoms with Crippen molar-refractivity contribution in [1.29, 1.82) is 0 Å². The largest absolute Gasteiger partial charge is 0.413 e. The molecule has 1 aliphatic heterocycles. The number of aryl methyl sites for hydroxylation is 1. The lowest BCUT2D eigenvalue weighted by Gasteiger charge is -2.21. The Kier molecular flexibility index (Phi) is 5.84. The molecule has 2 heterocycles. The summed E-state index contributed by atoms with van der Waals surface area (Å²) in [7, 11) is 1.83. The molecule has 1 atom stereocenters. The fourth-order valence-electron chi connectivity index (χ4n) is 3.57. The molecule has 30 heavy (non-hydrogen) atoms. The first-order valence-corrected chi connectivity index (χ1v) is 11.3. The van der Waals surface area contributed by atoms with E-state index in [0.29, 0.717) is 23.2 Å². The summed E-state index contributed by atoms with van der Waals surface area (Å²) in [5, 5.41) is 3.23. The van der Waals surface area contributed by atoms with E-state index in [-0.39, 0.29) is 24.3 Å². The lowest BCUT2D eigenvalue weighted by atomic mass is 10.1. The normalized spacial score (nSPS) is 18.4. The first-order chi connectivity index (χ1) is 14.3. The van der Waals surface area contributed by atoms with Gasteiger partial charge in [-0.2, -0.15) is 0 Å². The van der Waals surface area contributed by atoms with Gasteiger partial charge in [0.15, 0.2) is 5.06 Å². The third-order valence-electron chi connectivity index (χ3n) is 5.36. The van der Waals surface area contributed by atoms with E-state index >= 15 is 0 Å². The third kappa shape index (κ3) is 4.52. The van der Waals surface area contributed by atoms with Crippen LogP contribution in [0.15, 0.2) is 34.1 Å². The van der Waals surface area contributed by atoms with E-state index in [9.17, 15) is 14.4 Å². The molecule has 1 aliphatic carbocycles. The summed E-state index contributed by atoms with van der Waals surface area (Å²) >= 11 is 4.63. The zero-order valence-electron chi connectivity index (χ0n) is 16.7. The summed E-state index contributed by atoms with van der Waals surface area (Å²) in [6.07, 6.45) is 1.74. The van der Waals surface area contributed by atoms with Gasteiger partial charge in [0.25, 0.3) is 5.91 Å². The van der Waals surface area contributed by atoms with Crippen LogP contribution in [-0.4, -0.2) is 48.5 Å². The first kappa shape index (κ1) is 20.9. The van der Waals surface area contributed by atoms with Gasteiger partial charge < -0.3 is 19.9 Å². The molecule has 1 aromatic heterocycles. The number of halogens is 1. The zero-order valence-corrected chi connectivity index (χ0v) is 19.1. The van der Waals surface area contributed by atoms with Crippen LogP contribution < -0.4 is 15.0 Å². The molecule has 1 N–H and O–H groups in total. The summed E-state index contributed by atoms with van der Waals surface area (Å²) in [6.45, 7) is 2.24. The van der Waals surface area contributed by atoms with Crippen LogP contribution in [0.3, 0.4) is 0 Å². The molecule has 0 spiro atoms. The SMILES string of the molecule is Cc1cc(N2CC(NC(=O)Oc3ccc(Br)s3)CC2=O)ccc1C(=O)N(C)C1CC1. The van der Waals surface area contributed by atoms with Crippen LogP contribution in [0.25, 0.3) is 0 Å². The fourth-order valence-corrected chi connectivity index (χ4v) is 4.76. The van der Waals surface area contributed by atoms with Crippen LogP contribution in [0, 0.1) is 6.92 Å². The molecule has 2 fully saturated rings. The van der Waals surface area contributed by atoms with Crippen LogP contribution in [0.1, 0.15) is 35.2 Å². The van der Waals surface area contributed by atoms with Crippen molar-refractivity contribution in [1.82, 2.24) is 10.2 Å². The van der Waals surface area contributed by atoms with Crippen LogP contribution >= 0.6 is 27.3 Å². The third-order valence-corrected chi connectivity index (χ3v) is 6.86. The van der Waals surface area contributed by atoms with Crippen LogP contribution in [0.5, 0.6) is 5.06 Å². The van der Waals surface area contributed by atoms with Crippen molar-refractivity contribution in [3.05, 3.63) is 45.2 Å². The van der Waals surface area contributed by atoms with Crippen molar-refractivity contribution in [2.24, 2.45) is 0 Å². The van der Waals surface area contributed by atoms with E-state index in [1.54, 1.807) is 34.1 Å². The van der Waals surface area contributed by atoms with Gasteiger partial charge in [-0.15, -0.1) is 0 Å². The number of rotatable bonds is 5. The Balaban J connectivity index is 1.39. The molecular weight excluding hydrogens is 470 g/mol. The molecule has 1 unspecified atom stereocenters. The second-order valence-corrected chi connectivity index (χ2v) is 10.1. The maximum absolute atomic E-state index is 12.7. The standard InChI is InChI=1S/C21H22BrN3O4S/c1-12-9-15(5-6-16(12)20(27)24(2)14-3-4-14)25-11-13(10-18(25)26)23-21(28)29-19-8-7-17(22)30-19/h5-9,13-14H,3-4,10-11H2,1-2H3,(H,23,28). The number of ether oxygens (including phenoxy) is 1. The molecular formula is C21H22BrN3O4S. The van der Waals surface area contributed by atoms with E-state index in [0.717, 1.165) is 27.9 Å². The van der Waals surface area contributed by atoms with Crippen LogP contribution in [0.4, 0.5) is 10.5 Å². The molecule has 158 valence electrons. The second kappa shape index (κ2) is 8.39. The number of nitrogens with zero attached hydrogens (tertiary/aromatic N) is 2. The number of hydrogen-bond donors (Lipinski definition) is 1. The monoisotopic (exact) mass is 491 g/mol. The molecule has 7 nitrogen and oxygen atoms in total. The minimum Gasteiger partial charge on any atom is -0.399 e. The molecule has 1 aromatic carbocycles. The molecule has 9 heteroatoms. The summed E-state index contributed by atoms with van der Waals surface area (Å²) < 4.78 is 6.12. The van der Waals surface area contributed by atoms with E-state index < -0.39 is 6.09 Å². The lowest BCUT2D eigenvalue weighted by Crippen LogP contribution is -2.38. The number of nitrogens with one attached hydrogen (secondary N) is 1. The lowest BCUT2D eigenvalue weighted by molar-refractivity contribution is -0.117. The Morgan fingerprint density at radius 1 is 1.27 bits per heavy atom. The van der Waals surface area contributed by atoms with Gasteiger partial charge in [-0.1, -0.05) is 11.3 Å². The number of anilines is 1. The average molecular weight is 492 g/mol. The van der Waals surface area contributed by atoms with Gasteiger partial charge in [-0.3, -0.25) is 9.59 Å². The van der Waals surface area contributed by atoms with Gasteiger partial charge in [-0.25, -0.2) is 4.79 Å². The van der Waals surface area contributed by atoms with Crippen LogP contribution in [0.2, 0.25) is 0 Å². The van der Waals surface area contributed by atoms with Gasteiger partial charge in [0.2, 0.25) is 5.91 Å². The second-order valence-electron chi connectivity index (χ2n) is 7.64. The van der Waals surface area contributed by atoms with Crippen molar-refractivity contribution in [3.63, 3.8) is 0 Å². The van der Waals surface area contributed by atoms with Crippen molar-refractivity contribution in [2.75, 3.05) is 18.5 Å². The number of carbonyl (C=O) groups is 3. The highest BCUT2D eigenvalue weighted by Gasteiger charge is 2.33. The molecule has 0 bridgehead atoms.